The second-order valence-corrected chi connectivity index (χ2v) is 5.28. The number of carbonyl (C=O) groups excluding carboxylic acids is 1. The summed E-state index contributed by atoms with van der Waals surface area (Å²) < 4.78 is 10.2. The predicted octanol–water partition coefficient (Wildman–Crippen LogP) is 1.58. The molecule has 2 rings (SSSR count). The number of furan rings is 1. The van der Waals surface area contributed by atoms with E-state index in [1.54, 1.807) is 0 Å². The summed E-state index contributed by atoms with van der Waals surface area (Å²) in [5, 5.41) is 9.70. The zero-order chi connectivity index (χ0) is 14.0. The third-order valence-electron chi connectivity index (χ3n) is 3.66. The van der Waals surface area contributed by atoms with Gasteiger partial charge in [-0.3, -0.25) is 4.90 Å². The van der Waals surface area contributed by atoms with Gasteiger partial charge in [-0.25, -0.2) is 4.79 Å². The van der Waals surface area contributed by atoms with Gasteiger partial charge in [-0.2, -0.15) is 0 Å². The lowest BCUT2D eigenvalue weighted by Crippen LogP contribution is -2.41. The van der Waals surface area contributed by atoms with Crippen LogP contribution in [-0.2, 0) is 11.3 Å². The van der Waals surface area contributed by atoms with Crippen LogP contribution in [0.5, 0.6) is 0 Å². The second kappa shape index (κ2) is 5.75. The summed E-state index contributed by atoms with van der Waals surface area (Å²) in [6.45, 7) is 6.23. The van der Waals surface area contributed by atoms with Crippen LogP contribution in [-0.4, -0.2) is 42.3 Å². The average Bonchev–Trinajstić information content (AvgIpc) is 2.74. The molecular weight excluding hydrogens is 246 g/mol. The van der Waals surface area contributed by atoms with E-state index in [1.807, 2.05) is 19.9 Å². The number of aliphatic hydroxyl groups excluding tert-OH is 1. The quantitative estimate of drug-likeness (QED) is 0.842. The maximum absolute atomic E-state index is 11.5. The van der Waals surface area contributed by atoms with Crippen LogP contribution in [0, 0.1) is 12.8 Å². The van der Waals surface area contributed by atoms with Crippen LogP contribution in [0.4, 0.5) is 0 Å². The third kappa shape index (κ3) is 3.16. The van der Waals surface area contributed by atoms with E-state index in [4.69, 9.17) is 4.42 Å². The van der Waals surface area contributed by atoms with Crippen molar-refractivity contribution in [2.45, 2.75) is 32.9 Å². The van der Waals surface area contributed by atoms with Crippen LogP contribution < -0.4 is 0 Å². The molecule has 0 amide bonds. The summed E-state index contributed by atoms with van der Waals surface area (Å²) in [6, 6.07) is 1.88. The molecule has 0 aromatic carbocycles. The highest BCUT2D eigenvalue weighted by molar-refractivity contribution is 5.87. The van der Waals surface area contributed by atoms with Crippen LogP contribution in [0.25, 0.3) is 0 Å². The van der Waals surface area contributed by atoms with Crippen molar-refractivity contribution in [3.05, 3.63) is 23.2 Å². The first-order chi connectivity index (χ1) is 9.01. The molecule has 19 heavy (non-hydrogen) atoms. The summed E-state index contributed by atoms with van der Waals surface area (Å²) in [5.41, 5.74) is 0.798. The van der Waals surface area contributed by atoms with Gasteiger partial charge >= 0.3 is 5.97 Å². The number of esters is 1. The monoisotopic (exact) mass is 267 g/mol. The smallest absolute Gasteiger partial charge is 0.374 e. The largest absolute Gasteiger partial charge is 0.463 e. The predicted molar refractivity (Wildman–Crippen MR) is 69.8 cm³/mol. The molecule has 2 heterocycles. The fraction of sp³-hybridized carbons (Fsp3) is 0.643. The van der Waals surface area contributed by atoms with Gasteiger partial charge in [0.15, 0.2) is 0 Å². The Hall–Kier alpha value is -1.33. The van der Waals surface area contributed by atoms with Gasteiger partial charge in [0.25, 0.3) is 0 Å². The van der Waals surface area contributed by atoms with Gasteiger partial charge in [0, 0.05) is 18.7 Å². The summed E-state index contributed by atoms with van der Waals surface area (Å²) in [5.74, 6) is 0.875. The van der Waals surface area contributed by atoms with Crippen molar-refractivity contribution in [2.75, 3.05) is 20.2 Å². The molecule has 1 aromatic heterocycles. The Morgan fingerprint density at radius 1 is 1.63 bits per heavy atom. The molecule has 1 N–H and O–H groups in total. The molecule has 5 nitrogen and oxygen atoms in total. The Kier molecular flexibility index (Phi) is 4.27. The van der Waals surface area contributed by atoms with E-state index in [9.17, 15) is 9.90 Å². The highest BCUT2D eigenvalue weighted by Gasteiger charge is 2.25. The molecule has 5 heteroatoms. The van der Waals surface area contributed by atoms with Crippen LogP contribution >= 0.6 is 0 Å². The van der Waals surface area contributed by atoms with Gasteiger partial charge in [0.2, 0.25) is 5.76 Å². The first-order valence-corrected chi connectivity index (χ1v) is 6.59. The van der Waals surface area contributed by atoms with Gasteiger partial charge in [-0.05, 0) is 25.3 Å². The minimum atomic E-state index is -0.439. The van der Waals surface area contributed by atoms with Crippen molar-refractivity contribution in [3.8, 4) is 0 Å². The molecule has 1 fully saturated rings. The number of methoxy groups -OCH3 is 1. The van der Waals surface area contributed by atoms with E-state index in [1.165, 1.54) is 7.11 Å². The lowest BCUT2D eigenvalue weighted by atomic mass is 9.97. The number of rotatable bonds is 3. The normalized spacial score (nSPS) is 24.4. The van der Waals surface area contributed by atoms with Crippen LogP contribution in [0.2, 0.25) is 0 Å². The molecule has 0 bridgehead atoms. The van der Waals surface area contributed by atoms with E-state index in [2.05, 4.69) is 9.64 Å². The zero-order valence-electron chi connectivity index (χ0n) is 11.7. The van der Waals surface area contributed by atoms with Gasteiger partial charge in [0.05, 0.1) is 19.8 Å². The van der Waals surface area contributed by atoms with Crippen molar-refractivity contribution < 1.29 is 19.1 Å². The number of ether oxygens (including phenoxy) is 1. The van der Waals surface area contributed by atoms with E-state index >= 15 is 0 Å². The second-order valence-electron chi connectivity index (χ2n) is 5.28. The highest BCUT2D eigenvalue weighted by Crippen LogP contribution is 2.21. The van der Waals surface area contributed by atoms with E-state index in [-0.39, 0.29) is 17.8 Å². The van der Waals surface area contributed by atoms with Gasteiger partial charge < -0.3 is 14.3 Å². The number of likely N-dealkylation sites (tertiary alicyclic amines) is 1. The number of aliphatic hydroxyl groups is 1. The van der Waals surface area contributed by atoms with Gasteiger partial charge in [-0.15, -0.1) is 0 Å². The molecule has 2 unspecified atom stereocenters. The fourth-order valence-corrected chi connectivity index (χ4v) is 2.50. The maximum atomic E-state index is 11.5. The number of aryl methyl sites for hydroxylation is 1. The Morgan fingerprint density at radius 2 is 2.37 bits per heavy atom. The summed E-state index contributed by atoms with van der Waals surface area (Å²) >= 11 is 0. The highest BCUT2D eigenvalue weighted by atomic mass is 16.5. The molecule has 106 valence electrons. The van der Waals surface area contributed by atoms with Crippen molar-refractivity contribution in [2.24, 2.45) is 5.92 Å². The van der Waals surface area contributed by atoms with Crippen molar-refractivity contribution in [1.29, 1.82) is 0 Å². The molecule has 0 spiro atoms. The summed E-state index contributed by atoms with van der Waals surface area (Å²) in [4.78, 5) is 13.7. The number of hydrogen-bond donors (Lipinski definition) is 1. The number of carbonyl (C=O) groups is 1. The standard InChI is InChI=1S/C14H21NO4/c1-9-6-11(19-13(9)14(17)18-3)8-15-5-4-12(16)10(2)7-15/h6,10,12,16H,4-5,7-8H2,1-3H3. The SMILES string of the molecule is COC(=O)c1oc(CN2CCC(O)C(C)C2)cc1C. The van der Waals surface area contributed by atoms with Crippen molar-refractivity contribution in [3.63, 3.8) is 0 Å². The number of nitrogens with zero attached hydrogens (tertiary/aromatic N) is 1. The fourth-order valence-electron chi connectivity index (χ4n) is 2.50. The van der Waals surface area contributed by atoms with E-state index in [0.717, 1.165) is 30.8 Å². The molecule has 2 atom stereocenters. The average molecular weight is 267 g/mol. The Labute approximate surface area is 113 Å². The molecule has 1 aliphatic rings. The minimum Gasteiger partial charge on any atom is -0.463 e. The Morgan fingerprint density at radius 3 is 3.00 bits per heavy atom. The minimum absolute atomic E-state index is 0.208. The topological polar surface area (TPSA) is 62.9 Å². The third-order valence-corrected chi connectivity index (χ3v) is 3.66. The zero-order valence-corrected chi connectivity index (χ0v) is 11.7. The van der Waals surface area contributed by atoms with Crippen LogP contribution in [0.1, 0.15) is 35.2 Å². The summed E-state index contributed by atoms with van der Waals surface area (Å²) in [6.07, 6.45) is 0.574. The molecule has 1 saturated heterocycles. The van der Waals surface area contributed by atoms with Crippen LogP contribution in [0.3, 0.4) is 0 Å². The van der Waals surface area contributed by atoms with Crippen molar-refractivity contribution >= 4 is 5.97 Å². The van der Waals surface area contributed by atoms with Crippen molar-refractivity contribution in [1.82, 2.24) is 4.90 Å². The molecule has 0 radical (unpaired) electrons. The summed E-state index contributed by atoms with van der Waals surface area (Å²) in [7, 11) is 1.34. The molecule has 1 aromatic rings. The molecular formula is C14H21NO4. The first-order valence-electron chi connectivity index (χ1n) is 6.59. The Balaban J connectivity index is 2.02. The lowest BCUT2D eigenvalue weighted by Gasteiger charge is -2.33. The van der Waals surface area contributed by atoms with Crippen LogP contribution in [0.15, 0.2) is 10.5 Å². The van der Waals surface area contributed by atoms with E-state index < -0.39 is 5.97 Å². The lowest BCUT2D eigenvalue weighted by molar-refractivity contribution is 0.0292. The van der Waals surface area contributed by atoms with E-state index in [0.29, 0.717) is 6.54 Å². The number of hydrogen-bond acceptors (Lipinski definition) is 5. The van der Waals surface area contributed by atoms with Gasteiger partial charge in [0.1, 0.15) is 5.76 Å². The molecule has 0 aliphatic carbocycles. The number of piperidine rings is 1. The first kappa shape index (κ1) is 14.1. The molecule has 1 aliphatic heterocycles. The maximum Gasteiger partial charge on any atom is 0.374 e. The Bertz CT molecular complexity index is 454. The van der Waals surface area contributed by atoms with Gasteiger partial charge in [-0.1, -0.05) is 6.92 Å². The molecule has 0 saturated carbocycles.